The molecule has 8 nitrogen and oxygen atoms in total. The van der Waals surface area contributed by atoms with Gasteiger partial charge in [-0.1, -0.05) is 38.8 Å². The first-order valence-electron chi connectivity index (χ1n) is 15.9. The van der Waals surface area contributed by atoms with Crippen molar-refractivity contribution in [3.8, 4) is 0 Å². The summed E-state index contributed by atoms with van der Waals surface area (Å²) in [5, 5.41) is 11.1. The lowest BCUT2D eigenvalue weighted by Gasteiger charge is -2.30. The molecule has 1 N–H and O–H groups in total. The minimum absolute atomic E-state index is 0.0938. The molecule has 8 atom stereocenters. The van der Waals surface area contributed by atoms with E-state index in [1.54, 1.807) is 0 Å². The predicted octanol–water partition coefficient (Wildman–Crippen LogP) is 5.88. The lowest BCUT2D eigenvalue weighted by Crippen LogP contribution is -2.32. The van der Waals surface area contributed by atoms with Crippen LogP contribution in [0.2, 0.25) is 0 Å². The molecular formula is C32H54O8. The lowest BCUT2D eigenvalue weighted by atomic mass is 9.87. The van der Waals surface area contributed by atoms with Gasteiger partial charge in [-0.15, -0.1) is 0 Å². The van der Waals surface area contributed by atoms with E-state index in [0.717, 1.165) is 64.4 Å². The average molecular weight is 567 g/mol. The van der Waals surface area contributed by atoms with Crippen molar-refractivity contribution in [1.29, 1.82) is 0 Å². The number of hydrogen-bond donors (Lipinski definition) is 1. The summed E-state index contributed by atoms with van der Waals surface area (Å²) in [5.41, 5.74) is 0. The number of ketones is 1. The van der Waals surface area contributed by atoms with E-state index in [1.807, 2.05) is 0 Å². The van der Waals surface area contributed by atoms with Gasteiger partial charge in [-0.25, -0.2) is 0 Å². The van der Waals surface area contributed by atoms with Gasteiger partial charge in [0.2, 0.25) is 0 Å². The van der Waals surface area contributed by atoms with Crippen LogP contribution in [0.15, 0.2) is 12.2 Å². The van der Waals surface area contributed by atoms with Crippen molar-refractivity contribution in [2.75, 3.05) is 20.3 Å². The summed E-state index contributed by atoms with van der Waals surface area (Å²) in [7, 11) is 1.38. The number of aliphatic hydroxyl groups is 1. The Bertz CT molecular complexity index is 758. The Morgan fingerprint density at radius 1 is 1.02 bits per heavy atom. The molecule has 2 aliphatic heterocycles. The van der Waals surface area contributed by atoms with Gasteiger partial charge in [0.25, 0.3) is 0 Å². The summed E-state index contributed by atoms with van der Waals surface area (Å²) in [6.07, 6.45) is 14.9. The highest BCUT2D eigenvalue weighted by Gasteiger charge is 2.44. The topological polar surface area (TPSA) is 101 Å². The van der Waals surface area contributed by atoms with E-state index in [1.165, 1.54) is 7.11 Å². The SMILES string of the molecule is CCC[C@H](C)C[C@@H](/C=C/[C@@H]1[C@@H](CC(=O)CCCCC(=O)OC)[C@@H](O)C[C@H]1OC1CCCCO1)OC1CCCCO1. The van der Waals surface area contributed by atoms with E-state index in [-0.39, 0.29) is 48.4 Å². The summed E-state index contributed by atoms with van der Waals surface area (Å²) >= 11 is 0. The highest BCUT2D eigenvalue weighted by Crippen LogP contribution is 2.40. The maximum absolute atomic E-state index is 13.0. The van der Waals surface area contributed by atoms with Crippen LogP contribution in [0.1, 0.15) is 110 Å². The third kappa shape index (κ3) is 11.5. The molecule has 230 valence electrons. The molecule has 0 amide bonds. The van der Waals surface area contributed by atoms with Crippen molar-refractivity contribution >= 4 is 11.8 Å². The number of aliphatic hydroxyl groups excluding tert-OH is 1. The normalized spacial score (nSPS) is 30.8. The zero-order chi connectivity index (χ0) is 28.7. The van der Waals surface area contributed by atoms with Crippen LogP contribution in [0.25, 0.3) is 0 Å². The minimum atomic E-state index is -0.623. The Labute approximate surface area is 241 Å². The van der Waals surface area contributed by atoms with Gasteiger partial charge < -0.3 is 28.8 Å². The highest BCUT2D eigenvalue weighted by atomic mass is 16.7. The standard InChI is InChI=1S/C32H54O8/c1-4-11-23(2)20-25(39-31-14-7-9-18-37-31)16-17-26-27(21-24(33)12-5-6-13-30(35)36-3)28(34)22-29(26)40-32-15-8-10-19-38-32/h16-17,23,25-29,31-32,34H,4-15,18-22H2,1-3H3/b17-16+/t23-,25+,26+,27+,28-,29+,31?,32?/m0/s1. The van der Waals surface area contributed by atoms with Crippen LogP contribution in [0.3, 0.4) is 0 Å². The van der Waals surface area contributed by atoms with Crippen molar-refractivity contribution in [2.24, 2.45) is 17.8 Å². The van der Waals surface area contributed by atoms with Crippen LogP contribution < -0.4 is 0 Å². The van der Waals surface area contributed by atoms with Gasteiger partial charge >= 0.3 is 5.97 Å². The van der Waals surface area contributed by atoms with Crippen LogP contribution in [-0.2, 0) is 33.3 Å². The summed E-state index contributed by atoms with van der Waals surface area (Å²) in [6.45, 7) is 5.91. The van der Waals surface area contributed by atoms with Gasteiger partial charge in [0.15, 0.2) is 12.6 Å². The Hall–Kier alpha value is -1.32. The van der Waals surface area contributed by atoms with Crippen LogP contribution in [-0.4, -0.2) is 68.1 Å². The molecule has 1 aliphatic carbocycles. The van der Waals surface area contributed by atoms with Gasteiger partial charge in [0.1, 0.15) is 5.78 Å². The van der Waals surface area contributed by atoms with Crippen LogP contribution in [0.4, 0.5) is 0 Å². The summed E-state index contributed by atoms with van der Waals surface area (Å²) < 4.78 is 29.3. The van der Waals surface area contributed by atoms with Crippen molar-refractivity contribution in [2.45, 2.75) is 141 Å². The fourth-order valence-electron chi connectivity index (χ4n) is 6.31. The molecule has 0 radical (unpaired) electrons. The van der Waals surface area contributed by atoms with E-state index < -0.39 is 6.10 Å². The van der Waals surface area contributed by atoms with E-state index in [2.05, 4.69) is 26.0 Å². The number of carbonyl (C=O) groups excluding carboxylic acids is 2. The van der Waals surface area contributed by atoms with Crippen molar-refractivity contribution in [3.05, 3.63) is 12.2 Å². The second-order valence-electron chi connectivity index (χ2n) is 12.0. The highest BCUT2D eigenvalue weighted by molar-refractivity contribution is 5.78. The van der Waals surface area contributed by atoms with Gasteiger partial charge in [-0.2, -0.15) is 0 Å². The summed E-state index contributed by atoms with van der Waals surface area (Å²) in [4.78, 5) is 24.3. The number of esters is 1. The van der Waals surface area contributed by atoms with Crippen LogP contribution >= 0.6 is 0 Å². The largest absolute Gasteiger partial charge is 0.469 e. The first-order valence-corrected chi connectivity index (χ1v) is 15.9. The van der Waals surface area contributed by atoms with Crippen LogP contribution in [0.5, 0.6) is 0 Å². The molecule has 2 heterocycles. The molecular weight excluding hydrogens is 512 g/mol. The zero-order valence-corrected chi connectivity index (χ0v) is 25.1. The molecule has 3 fully saturated rings. The van der Waals surface area contributed by atoms with E-state index in [4.69, 9.17) is 23.7 Å². The first-order chi connectivity index (χ1) is 19.4. The second kappa shape index (κ2) is 18.3. The maximum Gasteiger partial charge on any atom is 0.305 e. The Morgan fingerprint density at radius 2 is 1.73 bits per heavy atom. The number of Topliss-reactive ketones (excluding diaryl/α,β-unsaturated/α-hetero) is 1. The van der Waals surface area contributed by atoms with Crippen molar-refractivity contribution in [1.82, 2.24) is 0 Å². The van der Waals surface area contributed by atoms with E-state index in [0.29, 0.717) is 51.0 Å². The zero-order valence-electron chi connectivity index (χ0n) is 25.1. The Kier molecular flexibility index (Phi) is 15.2. The molecule has 0 aromatic heterocycles. The molecule has 0 aromatic carbocycles. The Morgan fingerprint density at radius 3 is 2.38 bits per heavy atom. The molecule has 2 unspecified atom stereocenters. The molecule has 0 bridgehead atoms. The molecule has 1 saturated carbocycles. The predicted molar refractivity (Wildman–Crippen MR) is 152 cm³/mol. The number of methoxy groups -OCH3 is 1. The fourth-order valence-corrected chi connectivity index (χ4v) is 6.31. The van der Waals surface area contributed by atoms with E-state index >= 15 is 0 Å². The van der Waals surface area contributed by atoms with Gasteiger partial charge in [-0.05, 0) is 63.7 Å². The number of hydrogen-bond acceptors (Lipinski definition) is 8. The smallest absolute Gasteiger partial charge is 0.305 e. The minimum Gasteiger partial charge on any atom is -0.469 e. The third-order valence-corrected chi connectivity index (χ3v) is 8.56. The number of carbonyl (C=O) groups is 2. The van der Waals surface area contributed by atoms with Gasteiger partial charge in [0.05, 0.1) is 25.4 Å². The average Bonchev–Trinajstić information content (AvgIpc) is 3.23. The molecule has 40 heavy (non-hydrogen) atoms. The number of ether oxygens (including phenoxy) is 5. The van der Waals surface area contributed by atoms with Crippen LogP contribution in [0, 0.1) is 17.8 Å². The Balaban J connectivity index is 1.69. The van der Waals surface area contributed by atoms with Crippen molar-refractivity contribution < 1.29 is 38.4 Å². The quantitative estimate of drug-likeness (QED) is 0.132. The van der Waals surface area contributed by atoms with Crippen molar-refractivity contribution in [3.63, 3.8) is 0 Å². The number of rotatable bonds is 17. The first kappa shape index (κ1) is 33.2. The fraction of sp³-hybridized carbons (Fsp3) is 0.875. The second-order valence-corrected chi connectivity index (χ2v) is 12.0. The van der Waals surface area contributed by atoms with Gasteiger partial charge in [0, 0.05) is 50.7 Å². The molecule has 8 heteroatoms. The molecule has 0 aromatic rings. The molecule has 3 aliphatic rings. The van der Waals surface area contributed by atoms with Gasteiger partial charge in [-0.3, -0.25) is 9.59 Å². The monoisotopic (exact) mass is 566 g/mol. The molecule has 0 spiro atoms. The molecule has 2 saturated heterocycles. The summed E-state index contributed by atoms with van der Waals surface area (Å²) in [6, 6.07) is 0. The lowest BCUT2D eigenvalue weighted by molar-refractivity contribution is -0.193. The maximum atomic E-state index is 13.0. The number of unbranched alkanes of at least 4 members (excludes halogenated alkanes) is 1. The van der Waals surface area contributed by atoms with E-state index in [9.17, 15) is 14.7 Å². The summed E-state index contributed by atoms with van der Waals surface area (Å²) in [5.74, 6) is 0.0405. The third-order valence-electron chi connectivity index (χ3n) is 8.56. The molecule has 3 rings (SSSR count).